The van der Waals surface area contributed by atoms with Gasteiger partial charge in [-0.3, -0.25) is 20.4 Å². The Labute approximate surface area is 87.8 Å². The van der Waals surface area contributed by atoms with E-state index in [-0.39, 0.29) is 12.1 Å². The maximum Gasteiger partial charge on any atom is 0.235 e. The van der Waals surface area contributed by atoms with E-state index in [1.165, 1.54) is 0 Å². The molecule has 0 saturated carbocycles. The van der Waals surface area contributed by atoms with Crippen molar-refractivity contribution in [3.05, 3.63) is 29.8 Å². The fourth-order valence-electron chi connectivity index (χ4n) is 1.56. The maximum absolute atomic E-state index is 11.0. The van der Waals surface area contributed by atoms with E-state index in [9.17, 15) is 4.79 Å². The number of rotatable bonds is 3. The molecule has 5 nitrogen and oxygen atoms in total. The molecule has 2 rings (SSSR count). The smallest absolute Gasteiger partial charge is 0.235 e. The summed E-state index contributed by atoms with van der Waals surface area (Å²) in [7, 11) is 1.56. The Morgan fingerprint density at radius 3 is 3.07 bits per heavy atom. The molecule has 1 aromatic rings. The van der Waals surface area contributed by atoms with E-state index >= 15 is 0 Å². The molecule has 0 aromatic heterocycles. The largest absolute Gasteiger partial charge is 0.336 e. The van der Waals surface area contributed by atoms with Crippen molar-refractivity contribution in [2.24, 2.45) is 0 Å². The number of nitrogens with one attached hydrogen (secondary N) is 3. The van der Waals surface area contributed by atoms with Gasteiger partial charge in [-0.05, 0) is 17.7 Å². The molecule has 1 aromatic carbocycles. The predicted octanol–water partition coefficient (Wildman–Crippen LogP) is 0.378. The van der Waals surface area contributed by atoms with Gasteiger partial charge in [-0.2, -0.15) is 0 Å². The Hall–Kier alpha value is -1.59. The van der Waals surface area contributed by atoms with Crippen molar-refractivity contribution < 1.29 is 9.63 Å². The number of hydrogen-bond donors (Lipinski definition) is 3. The molecule has 0 aliphatic carbocycles. The number of carbonyl (C=O) groups excluding carboxylic acids is 1. The van der Waals surface area contributed by atoms with E-state index < -0.39 is 0 Å². The number of carbonyl (C=O) groups is 1. The number of hydrogen-bond acceptors (Lipinski definition) is 4. The maximum atomic E-state index is 11.0. The van der Waals surface area contributed by atoms with Gasteiger partial charge in [0.25, 0.3) is 0 Å². The second-order valence-corrected chi connectivity index (χ2v) is 3.31. The van der Waals surface area contributed by atoms with E-state index in [1.54, 1.807) is 7.11 Å². The molecule has 1 aliphatic heterocycles. The Morgan fingerprint density at radius 1 is 1.53 bits per heavy atom. The Balaban J connectivity index is 2.14. The summed E-state index contributed by atoms with van der Waals surface area (Å²) >= 11 is 0. The molecule has 5 heteroatoms. The molecule has 0 radical (unpaired) electrons. The highest BCUT2D eigenvalue weighted by molar-refractivity contribution is 5.80. The molecule has 1 atom stereocenters. The fraction of sp³-hybridized carbons (Fsp3) is 0.300. The Bertz CT molecular complexity index is 367. The van der Waals surface area contributed by atoms with Gasteiger partial charge >= 0.3 is 0 Å². The van der Waals surface area contributed by atoms with Crippen LogP contribution in [0, 0.1) is 0 Å². The zero-order valence-electron chi connectivity index (χ0n) is 8.41. The van der Waals surface area contributed by atoms with Crippen molar-refractivity contribution in [2.75, 3.05) is 19.1 Å². The van der Waals surface area contributed by atoms with Crippen LogP contribution in [0.15, 0.2) is 24.3 Å². The van der Waals surface area contributed by atoms with E-state index in [4.69, 9.17) is 4.84 Å². The predicted molar refractivity (Wildman–Crippen MR) is 56.0 cm³/mol. The molecule has 1 fully saturated rings. The van der Waals surface area contributed by atoms with Crippen molar-refractivity contribution in [2.45, 2.75) is 6.17 Å². The summed E-state index contributed by atoms with van der Waals surface area (Å²) in [5, 5.41) is 5.88. The number of anilines is 1. The third kappa shape index (κ3) is 2.26. The first kappa shape index (κ1) is 9.95. The summed E-state index contributed by atoms with van der Waals surface area (Å²) in [5.41, 5.74) is 4.60. The molecule has 0 bridgehead atoms. The van der Waals surface area contributed by atoms with E-state index in [0.717, 1.165) is 11.3 Å². The minimum absolute atomic E-state index is 0.0186. The first-order chi connectivity index (χ1) is 7.29. The minimum atomic E-state index is -0.101. The highest BCUT2D eigenvalue weighted by Crippen LogP contribution is 2.17. The summed E-state index contributed by atoms with van der Waals surface area (Å²) in [5.74, 6) is 0.0186. The lowest BCUT2D eigenvalue weighted by atomic mass is 10.1. The van der Waals surface area contributed by atoms with Crippen LogP contribution in [-0.4, -0.2) is 19.6 Å². The highest BCUT2D eigenvalue weighted by atomic mass is 16.6. The Kier molecular flexibility index (Phi) is 2.84. The van der Waals surface area contributed by atoms with Gasteiger partial charge < -0.3 is 5.32 Å². The van der Waals surface area contributed by atoms with E-state index in [0.29, 0.717) is 6.54 Å². The van der Waals surface area contributed by atoms with Crippen molar-refractivity contribution in [1.82, 2.24) is 10.6 Å². The molecule has 80 valence electrons. The molecule has 1 saturated heterocycles. The lowest BCUT2D eigenvalue weighted by molar-refractivity contribution is -0.118. The highest BCUT2D eigenvalue weighted by Gasteiger charge is 2.21. The van der Waals surface area contributed by atoms with Crippen molar-refractivity contribution in [3.8, 4) is 0 Å². The quantitative estimate of drug-likeness (QED) is 0.627. The molecular formula is C10H13N3O2. The van der Waals surface area contributed by atoms with Gasteiger partial charge in [0.05, 0.1) is 19.3 Å². The van der Waals surface area contributed by atoms with Crippen LogP contribution in [0.5, 0.6) is 0 Å². The van der Waals surface area contributed by atoms with Gasteiger partial charge in [-0.1, -0.05) is 12.1 Å². The van der Waals surface area contributed by atoms with Gasteiger partial charge in [-0.25, -0.2) is 0 Å². The molecule has 1 aliphatic rings. The average molecular weight is 207 g/mol. The van der Waals surface area contributed by atoms with Crippen LogP contribution in [0.25, 0.3) is 0 Å². The van der Waals surface area contributed by atoms with Crippen molar-refractivity contribution >= 4 is 11.6 Å². The number of benzene rings is 1. The third-order valence-electron chi connectivity index (χ3n) is 2.21. The standard InChI is InChI=1S/C10H13N3O2/c1-15-13-8-4-2-3-7(5-8)10-11-6-9(14)12-10/h2-5,10-11,13H,6H2,1H3,(H,12,14). The van der Waals surface area contributed by atoms with E-state index in [2.05, 4.69) is 16.1 Å². The molecular weight excluding hydrogens is 194 g/mol. The van der Waals surface area contributed by atoms with Gasteiger partial charge in [-0.15, -0.1) is 0 Å². The van der Waals surface area contributed by atoms with Gasteiger partial charge in [0.2, 0.25) is 5.91 Å². The monoisotopic (exact) mass is 207 g/mol. The van der Waals surface area contributed by atoms with Gasteiger partial charge in [0, 0.05) is 0 Å². The molecule has 1 heterocycles. The van der Waals surface area contributed by atoms with Crippen molar-refractivity contribution in [3.63, 3.8) is 0 Å². The molecule has 0 spiro atoms. The topological polar surface area (TPSA) is 62.4 Å². The van der Waals surface area contributed by atoms with Crippen LogP contribution in [-0.2, 0) is 9.63 Å². The summed E-state index contributed by atoms with van der Waals surface area (Å²) in [6.45, 7) is 0.368. The number of amides is 1. The lowest BCUT2D eigenvalue weighted by Crippen LogP contribution is -2.22. The summed E-state index contributed by atoms with van der Waals surface area (Å²) in [4.78, 5) is 15.8. The second-order valence-electron chi connectivity index (χ2n) is 3.31. The third-order valence-corrected chi connectivity index (χ3v) is 2.21. The summed E-state index contributed by atoms with van der Waals surface area (Å²) in [6, 6.07) is 7.67. The summed E-state index contributed by atoms with van der Waals surface area (Å²) in [6.07, 6.45) is -0.101. The second kappa shape index (κ2) is 4.29. The van der Waals surface area contributed by atoms with Crippen LogP contribution in [0.1, 0.15) is 11.7 Å². The Morgan fingerprint density at radius 2 is 2.40 bits per heavy atom. The molecule has 15 heavy (non-hydrogen) atoms. The first-order valence-electron chi connectivity index (χ1n) is 4.71. The average Bonchev–Trinajstić information content (AvgIpc) is 2.66. The molecule has 1 unspecified atom stereocenters. The minimum Gasteiger partial charge on any atom is -0.336 e. The van der Waals surface area contributed by atoms with Crippen LogP contribution in [0.2, 0.25) is 0 Å². The van der Waals surface area contributed by atoms with Crippen LogP contribution < -0.4 is 16.1 Å². The van der Waals surface area contributed by atoms with E-state index in [1.807, 2.05) is 24.3 Å². The lowest BCUT2D eigenvalue weighted by Gasteiger charge is -2.12. The van der Waals surface area contributed by atoms with Crippen molar-refractivity contribution in [1.29, 1.82) is 0 Å². The van der Waals surface area contributed by atoms with Gasteiger partial charge in [0.1, 0.15) is 6.17 Å². The van der Waals surface area contributed by atoms with Crippen LogP contribution in [0.4, 0.5) is 5.69 Å². The molecule has 3 N–H and O–H groups in total. The molecule has 1 amide bonds. The first-order valence-corrected chi connectivity index (χ1v) is 4.71. The zero-order chi connectivity index (χ0) is 10.7. The fourth-order valence-corrected chi connectivity index (χ4v) is 1.56. The van der Waals surface area contributed by atoms with Gasteiger partial charge in [0.15, 0.2) is 0 Å². The zero-order valence-corrected chi connectivity index (χ0v) is 8.41. The SMILES string of the molecule is CONc1cccc(C2NCC(=O)N2)c1. The normalized spacial score (nSPS) is 20.1. The van der Waals surface area contributed by atoms with Crippen LogP contribution in [0.3, 0.4) is 0 Å². The van der Waals surface area contributed by atoms with Crippen LogP contribution >= 0.6 is 0 Å². The summed E-state index contributed by atoms with van der Waals surface area (Å²) < 4.78 is 0.